The second-order valence-electron chi connectivity index (χ2n) is 4.03. The Bertz CT molecular complexity index is 531. The summed E-state index contributed by atoms with van der Waals surface area (Å²) in [7, 11) is 1.87. The lowest BCUT2D eigenvalue weighted by molar-refractivity contribution is -0.384. The number of hydrogen-bond acceptors (Lipinski definition) is 6. The zero-order valence-corrected chi connectivity index (χ0v) is 12.2. The number of halogens is 1. The minimum Gasteiger partial charge on any atom is -0.334 e. The summed E-state index contributed by atoms with van der Waals surface area (Å²) in [5.41, 5.74) is 0.418. The Labute approximate surface area is 123 Å². The van der Waals surface area contributed by atoms with Gasteiger partial charge in [0.25, 0.3) is 5.69 Å². The number of benzene rings is 1. The van der Waals surface area contributed by atoms with Crippen molar-refractivity contribution in [3.63, 3.8) is 0 Å². The average Bonchev–Trinajstić information content (AvgIpc) is 2.71. The lowest BCUT2D eigenvalue weighted by atomic mass is 10.1. The van der Waals surface area contributed by atoms with Gasteiger partial charge < -0.3 is 4.90 Å². The monoisotopic (exact) mass is 374 g/mol. The maximum Gasteiger partial charge on any atom is 0.269 e. The van der Waals surface area contributed by atoms with Crippen LogP contribution in [0.5, 0.6) is 0 Å². The highest BCUT2D eigenvalue weighted by Crippen LogP contribution is 2.18. The standard InChI is InChI=1S/C11H11IN4O3/c1-14-7-13-15(11(14)12)6-10(17)8-2-4-9(5-3-8)16(18)19/h2-5,7,11H,6H2,1H3/t11-/m1/s1. The number of hydrogen-bond donors (Lipinski definition) is 0. The SMILES string of the molecule is CN1C=NN(CC(=O)c2ccc([N+](=O)[O-])cc2)[C@@H]1I. The van der Waals surface area contributed by atoms with Crippen LogP contribution in [0.2, 0.25) is 0 Å². The Morgan fingerprint density at radius 2 is 2.11 bits per heavy atom. The van der Waals surface area contributed by atoms with Crippen molar-refractivity contribution in [2.45, 2.75) is 4.17 Å². The van der Waals surface area contributed by atoms with E-state index in [1.165, 1.54) is 24.3 Å². The number of nitrogens with zero attached hydrogens (tertiary/aromatic N) is 4. The van der Waals surface area contributed by atoms with Crippen molar-refractivity contribution in [2.75, 3.05) is 13.6 Å². The Kier molecular flexibility index (Phi) is 3.98. The first-order valence-electron chi connectivity index (χ1n) is 5.43. The number of hydrazone groups is 1. The molecule has 0 fully saturated rings. The molecule has 7 nitrogen and oxygen atoms in total. The number of alkyl halides is 1. The van der Waals surface area contributed by atoms with Crippen LogP contribution in [0.1, 0.15) is 10.4 Å². The lowest BCUT2D eigenvalue weighted by Gasteiger charge is -2.22. The topological polar surface area (TPSA) is 79.0 Å². The van der Waals surface area contributed by atoms with Crippen LogP contribution in [0.15, 0.2) is 29.4 Å². The van der Waals surface area contributed by atoms with Gasteiger partial charge in [-0.2, -0.15) is 5.10 Å². The number of ketones is 1. The molecule has 0 spiro atoms. The average molecular weight is 374 g/mol. The Hall–Kier alpha value is -1.71. The molecule has 0 amide bonds. The van der Waals surface area contributed by atoms with Gasteiger partial charge in [-0.15, -0.1) is 0 Å². The zero-order chi connectivity index (χ0) is 14.0. The summed E-state index contributed by atoms with van der Waals surface area (Å²) in [6.07, 6.45) is 1.65. The molecule has 1 aromatic rings. The van der Waals surface area contributed by atoms with Crippen LogP contribution >= 0.6 is 22.6 Å². The van der Waals surface area contributed by atoms with Gasteiger partial charge in [-0.05, 0) is 34.7 Å². The minimum absolute atomic E-state index is 0.000372. The fourth-order valence-corrected chi connectivity index (χ4v) is 2.08. The van der Waals surface area contributed by atoms with Gasteiger partial charge in [0.2, 0.25) is 0 Å². The van der Waals surface area contributed by atoms with Crippen molar-refractivity contribution in [3.8, 4) is 0 Å². The number of nitro benzene ring substituents is 1. The van der Waals surface area contributed by atoms with Gasteiger partial charge in [0.15, 0.2) is 9.96 Å². The molecule has 0 bridgehead atoms. The van der Waals surface area contributed by atoms with Crippen molar-refractivity contribution in [1.29, 1.82) is 0 Å². The summed E-state index contributed by atoms with van der Waals surface area (Å²) in [6.45, 7) is 0.145. The molecule has 0 aromatic heterocycles. The number of carbonyl (C=O) groups excluding carboxylic acids is 1. The third-order valence-electron chi connectivity index (χ3n) is 2.67. The van der Waals surface area contributed by atoms with Crippen molar-refractivity contribution >= 4 is 40.4 Å². The molecular formula is C11H11IN4O3. The van der Waals surface area contributed by atoms with Crippen LogP contribution < -0.4 is 0 Å². The van der Waals surface area contributed by atoms with E-state index in [0.717, 1.165) is 0 Å². The predicted octanol–water partition coefficient (Wildman–Crippen LogP) is 1.69. The van der Waals surface area contributed by atoms with E-state index in [1.54, 1.807) is 11.3 Å². The van der Waals surface area contributed by atoms with Crippen LogP contribution in [0.25, 0.3) is 0 Å². The second-order valence-corrected chi connectivity index (χ2v) is 5.15. The molecule has 0 saturated heterocycles. The van der Waals surface area contributed by atoms with Crippen molar-refractivity contribution in [3.05, 3.63) is 39.9 Å². The highest BCUT2D eigenvalue weighted by Gasteiger charge is 2.24. The first-order valence-corrected chi connectivity index (χ1v) is 6.68. The van der Waals surface area contributed by atoms with E-state index in [-0.39, 0.29) is 22.2 Å². The first kappa shape index (κ1) is 13.7. The molecule has 1 aromatic carbocycles. The lowest BCUT2D eigenvalue weighted by Crippen LogP contribution is -2.35. The number of rotatable bonds is 4. The van der Waals surface area contributed by atoms with Crippen LogP contribution in [0.4, 0.5) is 5.69 Å². The highest BCUT2D eigenvalue weighted by molar-refractivity contribution is 14.1. The van der Waals surface area contributed by atoms with Gasteiger partial charge in [-0.1, -0.05) is 0 Å². The third kappa shape index (κ3) is 3.00. The molecule has 0 unspecified atom stereocenters. The quantitative estimate of drug-likeness (QED) is 0.200. The number of carbonyl (C=O) groups is 1. The van der Waals surface area contributed by atoms with Crippen molar-refractivity contribution < 1.29 is 9.72 Å². The fourth-order valence-electron chi connectivity index (χ4n) is 1.59. The van der Waals surface area contributed by atoms with Gasteiger partial charge in [0, 0.05) is 24.7 Å². The van der Waals surface area contributed by atoms with E-state index in [0.29, 0.717) is 5.56 Å². The Balaban J connectivity index is 2.04. The fraction of sp³-hybridized carbons (Fsp3) is 0.273. The first-order chi connectivity index (χ1) is 8.99. The van der Waals surface area contributed by atoms with Crippen LogP contribution in [-0.4, -0.2) is 44.7 Å². The maximum absolute atomic E-state index is 12.0. The molecular weight excluding hydrogens is 363 g/mol. The summed E-state index contributed by atoms with van der Waals surface area (Å²) in [5.74, 6) is -0.121. The molecule has 0 aliphatic carbocycles. The van der Waals surface area contributed by atoms with Crippen LogP contribution in [0.3, 0.4) is 0 Å². The summed E-state index contributed by atoms with van der Waals surface area (Å²) in [5, 5.41) is 16.3. The Morgan fingerprint density at radius 3 is 2.58 bits per heavy atom. The largest absolute Gasteiger partial charge is 0.334 e. The molecule has 1 atom stereocenters. The molecule has 19 heavy (non-hydrogen) atoms. The number of Topliss-reactive ketones (excluding diaryl/α,β-unsaturated/α-hetero) is 1. The maximum atomic E-state index is 12.0. The smallest absolute Gasteiger partial charge is 0.269 e. The van der Waals surface area contributed by atoms with Crippen molar-refractivity contribution in [2.24, 2.45) is 5.10 Å². The minimum atomic E-state index is -0.491. The molecule has 100 valence electrons. The van der Waals surface area contributed by atoms with Gasteiger partial charge in [0.1, 0.15) is 12.9 Å². The van der Waals surface area contributed by atoms with E-state index in [9.17, 15) is 14.9 Å². The summed E-state index contributed by atoms with van der Waals surface area (Å²) in [6, 6.07) is 5.58. The molecule has 1 aliphatic rings. The molecule has 0 N–H and O–H groups in total. The Morgan fingerprint density at radius 1 is 1.47 bits per heavy atom. The summed E-state index contributed by atoms with van der Waals surface area (Å²) >= 11 is 2.17. The summed E-state index contributed by atoms with van der Waals surface area (Å²) < 4.78 is -0.000372. The van der Waals surface area contributed by atoms with Gasteiger partial charge in [-0.25, -0.2) is 0 Å². The van der Waals surface area contributed by atoms with E-state index >= 15 is 0 Å². The van der Waals surface area contributed by atoms with E-state index in [1.807, 2.05) is 11.9 Å². The van der Waals surface area contributed by atoms with Crippen LogP contribution in [0, 0.1) is 10.1 Å². The normalized spacial score (nSPS) is 17.9. The molecule has 1 aliphatic heterocycles. The van der Waals surface area contributed by atoms with Crippen LogP contribution in [-0.2, 0) is 0 Å². The van der Waals surface area contributed by atoms with E-state index in [4.69, 9.17) is 0 Å². The van der Waals surface area contributed by atoms with Gasteiger partial charge >= 0.3 is 0 Å². The molecule has 2 rings (SSSR count). The molecule has 8 heteroatoms. The molecule has 0 radical (unpaired) electrons. The molecule has 1 heterocycles. The van der Waals surface area contributed by atoms with E-state index < -0.39 is 4.92 Å². The third-order valence-corrected chi connectivity index (χ3v) is 4.19. The summed E-state index contributed by atoms with van der Waals surface area (Å²) in [4.78, 5) is 23.9. The zero-order valence-electron chi connectivity index (χ0n) is 10.1. The second kappa shape index (κ2) is 5.51. The number of non-ortho nitro benzene ring substituents is 1. The van der Waals surface area contributed by atoms with Gasteiger partial charge in [0.05, 0.1) is 4.92 Å². The van der Waals surface area contributed by atoms with E-state index in [2.05, 4.69) is 27.7 Å². The van der Waals surface area contributed by atoms with Gasteiger partial charge in [-0.3, -0.25) is 19.9 Å². The highest BCUT2D eigenvalue weighted by atomic mass is 127. The molecule has 0 saturated carbocycles. The predicted molar refractivity (Wildman–Crippen MR) is 78.2 cm³/mol. The number of nitro groups is 1. The van der Waals surface area contributed by atoms with Crippen molar-refractivity contribution in [1.82, 2.24) is 9.91 Å².